The van der Waals surface area contributed by atoms with Gasteiger partial charge in [-0.1, -0.05) is 36.4 Å². The molecule has 51 heavy (non-hydrogen) atoms. The molecule has 6 aromatic rings. The summed E-state index contributed by atoms with van der Waals surface area (Å²) in [6.07, 6.45) is 4.65. The Morgan fingerprint density at radius 1 is 0.745 bits per heavy atom. The van der Waals surface area contributed by atoms with Crippen LogP contribution in [0.3, 0.4) is 0 Å². The Labute approximate surface area is 298 Å². The Hall–Kier alpha value is -5.19. The molecule has 5 heterocycles. The molecule has 10 heteroatoms. The van der Waals surface area contributed by atoms with Gasteiger partial charge in [-0.25, -0.2) is 4.79 Å². The number of anilines is 2. The molecule has 264 valence electrons. The number of methoxy groups -OCH3 is 1. The van der Waals surface area contributed by atoms with E-state index in [4.69, 9.17) is 13.9 Å². The molecular formula is C41H46N6O4. The molecule has 0 amide bonds. The van der Waals surface area contributed by atoms with E-state index in [0.717, 1.165) is 87.3 Å². The van der Waals surface area contributed by atoms with Crippen LogP contribution in [-0.2, 0) is 0 Å². The first kappa shape index (κ1) is 34.3. The number of hydrogen-bond donors (Lipinski definition) is 1. The van der Waals surface area contributed by atoms with E-state index in [1.807, 2.05) is 37.5 Å². The van der Waals surface area contributed by atoms with E-state index in [9.17, 15) is 4.79 Å². The van der Waals surface area contributed by atoms with Crippen LogP contribution in [0.25, 0.3) is 32.8 Å². The molecule has 0 spiro atoms. The van der Waals surface area contributed by atoms with Crippen molar-refractivity contribution in [1.29, 1.82) is 0 Å². The van der Waals surface area contributed by atoms with Crippen LogP contribution in [0.15, 0.2) is 94.4 Å². The van der Waals surface area contributed by atoms with Crippen LogP contribution in [0.4, 0.5) is 11.4 Å². The van der Waals surface area contributed by atoms with Gasteiger partial charge >= 0.3 is 5.63 Å². The molecule has 0 aliphatic carbocycles. The monoisotopic (exact) mass is 686 g/mol. The van der Waals surface area contributed by atoms with Crippen LogP contribution in [0.2, 0.25) is 0 Å². The number of rotatable bonds is 8. The lowest BCUT2D eigenvalue weighted by atomic mass is 10.1. The quantitative estimate of drug-likeness (QED) is 0.147. The zero-order valence-electron chi connectivity index (χ0n) is 29.7. The van der Waals surface area contributed by atoms with E-state index in [-0.39, 0.29) is 5.63 Å². The minimum Gasteiger partial charge on any atom is -0.493 e. The summed E-state index contributed by atoms with van der Waals surface area (Å²) in [4.78, 5) is 28.4. The first-order valence-electron chi connectivity index (χ1n) is 17.9. The van der Waals surface area contributed by atoms with E-state index in [2.05, 4.69) is 78.5 Å². The summed E-state index contributed by atoms with van der Waals surface area (Å²) in [5, 5.41) is 6.65. The zero-order chi connectivity index (χ0) is 35.2. The van der Waals surface area contributed by atoms with Gasteiger partial charge in [0.05, 0.1) is 36.1 Å². The molecule has 0 radical (unpaired) electrons. The van der Waals surface area contributed by atoms with Crippen LogP contribution in [0.5, 0.6) is 11.5 Å². The average Bonchev–Trinajstić information content (AvgIpc) is 3.19. The summed E-state index contributed by atoms with van der Waals surface area (Å²) < 4.78 is 17.0. The van der Waals surface area contributed by atoms with Crippen molar-refractivity contribution in [3.63, 3.8) is 0 Å². The van der Waals surface area contributed by atoms with Gasteiger partial charge in [0, 0.05) is 99.1 Å². The second-order valence-electron chi connectivity index (χ2n) is 13.1. The van der Waals surface area contributed by atoms with E-state index in [0.29, 0.717) is 29.3 Å². The Kier molecular flexibility index (Phi) is 10.6. The zero-order valence-corrected chi connectivity index (χ0v) is 29.7. The van der Waals surface area contributed by atoms with Crippen molar-refractivity contribution >= 4 is 44.1 Å². The first-order valence-corrected chi connectivity index (χ1v) is 17.9. The smallest absolute Gasteiger partial charge is 0.339 e. The van der Waals surface area contributed by atoms with Crippen LogP contribution < -0.4 is 30.2 Å². The predicted molar refractivity (Wildman–Crippen MR) is 206 cm³/mol. The SMILES string of the molecule is COc1cc2oc(=O)c(C)c(C)c2cc1OCCCN1CCN(c2cccc3cccnc23)CC1.c1cnc2c(N3CCNCC3)cccc2c1. The summed E-state index contributed by atoms with van der Waals surface area (Å²) >= 11 is 0. The lowest BCUT2D eigenvalue weighted by Gasteiger charge is -2.36. The van der Waals surface area contributed by atoms with Gasteiger partial charge < -0.3 is 29.0 Å². The van der Waals surface area contributed by atoms with Gasteiger partial charge in [-0.05, 0) is 56.2 Å². The average molecular weight is 687 g/mol. The largest absolute Gasteiger partial charge is 0.493 e. The summed E-state index contributed by atoms with van der Waals surface area (Å²) in [5.41, 5.74) is 6.40. The standard InChI is InChI=1S/C28H31N3O4.C13H15N3/c1-19-20(2)28(32)35-24-18-25(33-3)26(17-22(19)24)34-16-6-11-30-12-14-31(15-13-30)23-9-4-7-21-8-5-10-29-27(21)23;1-3-11-4-2-6-15-13(11)12(5-1)16-9-7-14-8-10-16/h4-5,7-10,17-18H,6,11-16H2,1-3H3;1-6,14H,7-10H2. The van der Waals surface area contributed by atoms with E-state index in [1.165, 1.54) is 22.1 Å². The third-order valence-electron chi connectivity index (χ3n) is 10.0. The topological polar surface area (TPSA) is 96.2 Å². The Bertz CT molecular complexity index is 2160. The molecule has 10 nitrogen and oxygen atoms in total. The van der Waals surface area contributed by atoms with Crippen molar-refractivity contribution in [3.05, 3.63) is 107 Å². The highest BCUT2D eigenvalue weighted by Gasteiger charge is 2.19. The first-order chi connectivity index (χ1) is 25.0. The molecule has 1 N–H and O–H groups in total. The minimum atomic E-state index is -0.317. The number of pyridine rings is 2. The van der Waals surface area contributed by atoms with Crippen LogP contribution >= 0.6 is 0 Å². The van der Waals surface area contributed by atoms with Crippen molar-refractivity contribution in [2.24, 2.45) is 0 Å². The third kappa shape index (κ3) is 7.62. The minimum absolute atomic E-state index is 0.317. The second-order valence-corrected chi connectivity index (χ2v) is 13.1. The van der Waals surface area contributed by atoms with Gasteiger partial charge in [0.2, 0.25) is 0 Å². The molecular weight excluding hydrogens is 640 g/mol. The van der Waals surface area contributed by atoms with Crippen molar-refractivity contribution in [3.8, 4) is 11.5 Å². The van der Waals surface area contributed by atoms with E-state index in [1.54, 1.807) is 20.1 Å². The van der Waals surface area contributed by atoms with Gasteiger partial charge in [0.25, 0.3) is 0 Å². The Morgan fingerprint density at radius 2 is 1.35 bits per heavy atom. The maximum atomic E-state index is 12.0. The lowest BCUT2D eigenvalue weighted by molar-refractivity contribution is 0.221. The number of benzene rings is 3. The molecule has 3 aromatic carbocycles. The van der Waals surface area contributed by atoms with Gasteiger partial charge in [0.1, 0.15) is 5.58 Å². The number of ether oxygens (including phenoxy) is 2. The van der Waals surface area contributed by atoms with Gasteiger partial charge in [-0.3, -0.25) is 14.9 Å². The summed E-state index contributed by atoms with van der Waals surface area (Å²) in [5.74, 6) is 1.24. The summed E-state index contributed by atoms with van der Waals surface area (Å²) in [7, 11) is 1.60. The fourth-order valence-electron chi connectivity index (χ4n) is 7.00. The molecule has 2 aliphatic heterocycles. The molecule has 0 saturated carbocycles. The van der Waals surface area contributed by atoms with Gasteiger partial charge in [0.15, 0.2) is 11.5 Å². The maximum Gasteiger partial charge on any atom is 0.339 e. The number of piperazine rings is 2. The Balaban J connectivity index is 0.000000210. The highest BCUT2D eigenvalue weighted by molar-refractivity contribution is 5.91. The predicted octanol–water partition coefficient (Wildman–Crippen LogP) is 6.20. The normalized spacial score (nSPS) is 15.2. The van der Waals surface area contributed by atoms with E-state index < -0.39 is 0 Å². The number of para-hydroxylation sites is 2. The molecule has 2 fully saturated rings. The van der Waals surface area contributed by atoms with E-state index >= 15 is 0 Å². The highest BCUT2D eigenvalue weighted by atomic mass is 16.5. The van der Waals surface area contributed by atoms with Crippen LogP contribution in [0, 0.1) is 13.8 Å². The number of aryl methyl sites for hydroxylation is 1. The van der Waals surface area contributed by atoms with Crippen LogP contribution in [0.1, 0.15) is 17.5 Å². The molecule has 0 bridgehead atoms. The number of nitrogens with one attached hydrogen (secondary N) is 1. The van der Waals surface area contributed by atoms with Gasteiger partial charge in [-0.15, -0.1) is 0 Å². The molecule has 0 atom stereocenters. The number of aromatic nitrogens is 2. The number of hydrogen-bond acceptors (Lipinski definition) is 10. The summed E-state index contributed by atoms with van der Waals surface area (Å²) in [6, 6.07) is 24.7. The van der Waals surface area contributed by atoms with Crippen molar-refractivity contribution in [2.45, 2.75) is 20.3 Å². The molecule has 2 aliphatic rings. The fraction of sp³-hybridized carbons (Fsp3) is 0.341. The number of nitrogens with zero attached hydrogens (tertiary/aromatic N) is 5. The molecule has 0 unspecified atom stereocenters. The fourth-order valence-corrected chi connectivity index (χ4v) is 7.00. The van der Waals surface area contributed by atoms with Crippen molar-refractivity contribution in [2.75, 3.05) is 82.4 Å². The van der Waals surface area contributed by atoms with Crippen molar-refractivity contribution < 1.29 is 13.9 Å². The molecule has 3 aromatic heterocycles. The number of fused-ring (bicyclic) bond motifs is 3. The molecule has 2 saturated heterocycles. The van der Waals surface area contributed by atoms with Crippen LogP contribution in [-0.4, -0.2) is 87.5 Å². The van der Waals surface area contributed by atoms with Crippen molar-refractivity contribution in [1.82, 2.24) is 20.2 Å². The third-order valence-corrected chi connectivity index (χ3v) is 10.0. The maximum absolute atomic E-state index is 12.0. The lowest BCUT2D eigenvalue weighted by Crippen LogP contribution is -2.46. The molecule has 8 rings (SSSR count). The van der Waals surface area contributed by atoms with Gasteiger partial charge in [-0.2, -0.15) is 0 Å². The second kappa shape index (κ2) is 15.8. The highest BCUT2D eigenvalue weighted by Crippen LogP contribution is 2.34. The summed E-state index contributed by atoms with van der Waals surface area (Å²) in [6.45, 7) is 13.5. The Morgan fingerprint density at radius 3 is 1.98 bits per heavy atom.